The molecule has 4 aromatic rings. The molecular weight excluding hydrogens is 452 g/mol. The van der Waals surface area contributed by atoms with E-state index >= 15 is 0 Å². The monoisotopic (exact) mass is 474 g/mol. The van der Waals surface area contributed by atoms with Gasteiger partial charge in [0.1, 0.15) is 0 Å². The van der Waals surface area contributed by atoms with Crippen LogP contribution in [0.5, 0.6) is 0 Å². The highest BCUT2D eigenvalue weighted by Crippen LogP contribution is 2.58. The van der Waals surface area contributed by atoms with Crippen molar-refractivity contribution in [2.75, 3.05) is 0 Å². The molecule has 0 amide bonds. The Hall–Kier alpha value is -3.16. The molecule has 154 valence electrons. The van der Waals surface area contributed by atoms with Crippen molar-refractivity contribution < 1.29 is 0 Å². The van der Waals surface area contributed by atoms with Crippen molar-refractivity contribution in [3.05, 3.63) is 142 Å². The molecule has 0 heterocycles. The third-order valence-electron chi connectivity index (χ3n) is 6.87. The maximum Gasteiger partial charge on any atom is 0.0710 e. The summed E-state index contributed by atoms with van der Waals surface area (Å²) < 4.78 is 1.16. The second-order valence-corrected chi connectivity index (χ2v) is 9.39. The first-order valence-corrected chi connectivity index (χ1v) is 12.0. The summed E-state index contributed by atoms with van der Waals surface area (Å²) in [4.78, 5) is 0. The number of hydrogen-bond acceptors (Lipinski definition) is 0. The molecule has 0 aliphatic heterocycles. The second kappa shape index (κ2) is 7.76. The van der Waals surface area contributed by atoms with Gasteiger partial charge in [-0.25, -0.2) is 0 Å². The first-order valence-electron chi connectivity index (χ1n) is 11.2. The van der Waals surface area contributed by atoms with Crippen molar-refractivity contribution in [3.8, 4) is 22.3 Å². The summed E-state index contributed by atoms with van der Waals surface area (Å²) in [6.07, 6.45) is 9.31. The Bertz CT molecular complexity index is 1360. The number of rotatable bonds is 3. The summed E-state index contributed by atoms with van der Waals surface area (Å²) in [6, 6.07) is 35.4. The number of halogens is 1. The topological polar surface area (TPSA) is 0 Å². The third kappa shape index (κ3) is 2.81. The molecule has 0 radical (unpaired) electrons. The third-order valence-corrected chi connectivity index (χ3v) is 7.53. The van der Waals surface area contributed by atoms with Crippen LogP contribution in [0.25, 0.3) is 22.3 Å². The van der Waals surface area contributed by atoms with Crippen molar-refractivity contribution >= 4 is 15.9 Å². The van der Waals surface area contributed by atoms with E-state index in [1.165, 1.54) is 44.5 Å². The number of hydrogen-bond donors (Lipinski definition) is 0. The van der Waals surface area contributed by atoms with Gasteiger partial charge in [0.25, 0.3) is 0 Å². The molecular formula is C31H23Br. The lowest BCUT2D eigenvalue weighted by atomic mass is 9.66. The van der Waals surface area contributed by atoms with E-state index in [0.717, 1.165) is 17.3 Å². The van der Waals surface area contributed by atoms with E-state index in [4.69, 9.17) is 0 Å². The fourth-order valence-electron chi connectivity index (χ4n) is 5.51. The van der Waals surface area contributed by atoms with Crippen LogP contribution in [0.1, 0.15) is 29.5 Å². The maximum absolute atomic E-state index is 3.87. The van der Waals surface area contributed by atoms with Crippen LogP contribution in [0.15, 0.2) is 125 Å². The zero-order chi connectivity index (χ0) is 21.5. The summed E-state index contributed by atoms with van der Waals surface area (Å²) in [5.74, 6) is 0. The molecule has 0 N–H and O–H groups in total. The van der Waals surface area contributed by atoms with Crippen LogP contribution in [0.4, 0.5) is 0 Å². The van der Waals surface area contributed by atoms with Crippen LogP contribution in [0.2, 0.25) is 0 Å². The minimum Gasteiger partial charge on any atom is -0.0839 e. The molecule has 0 bridgehead atoms. The van der Waals surface area contributed by atoms with Gasteiger partial charge in [0, 0.05) is 10.0 Å². The van der Waals surface area contributed by atoms with E-state index in [1.807, 2.05) is 0 Å². The molecule has 1 atom stereocenters. The Kier molecular flexibility index (Phi) is 4.73. The summed E-state index contributed by atoms with van der Waals surface area (Å²) >= 11 is 3.87. The van der Waals surface area contributed by atoms with E-state index < -0.39 is 0 Å². The predicted molar refractivity (Wildman–Crippen MR) is 138 cm³/mol. The fraction of sp³-hybridized carbons (Fsp3) is 0.0968. The lowest BCUT2D eigenvalue weighted by Crippen LogP contribution is -2.29. The first kappa shape index (κ1) is 19.5. The minimum absolute atomic E-state index is 0.304. The Balaban J connectivity index is 1.65. The van der Waals surface area contributed by atoms with Gasteiger partial charge in [-0.2, -0.15) is 0 Å². The zero-order valence-electron chi connectivity index (χ0n) is 17.8. The molecule has 0 saturated carbocycles. The van der Waals surface area contributed by atoms with E-state index in [0.29, 0.717) is 0 Å². The van der Waals surface area contributed by atoms with Crippen LogP contribution < -0.4 is 0 Å². The summed E-state index contributed by atoms with van der Waals surface area (Å²) in [5, 5.41) is 0. The van der Waals surface area contributed by atoms with Gasteiger partial charge in [0.15, 0.2) is 0 Å². The van der Waals surface area contributed by atoms with Gasteiger partial charge in [-0.3, -0.25) is 0 Å². The molecule has 0 aromatic heterocycles. The second-order valence-electron chi connectivity index (χ2n) is 8.54. The number of fused-ring (bicyclic) bond motifs is 3. The van der Waals surface area contributed by atoms with Gasteiger partial charge < -0.3 is 0 Å². The fourth-order valence-corrected chi connectivity index (χ4v) is 6.09. The van der Waals surface area contributed by atoms with E-state index in [9.17, 15) is 0 Å². The smallest absolute Gasteiger partial charge is 0.0710 e. The molecule has 0 nitrogen and oxygen atoms in total. The average Bonchev–Trinajstić information content (AvgIpc) is 3.18. The summed E-state index contributed by atoms with van der Waals surface area (Å²) in [6.45, 7) is 0. The Morgan fingerprint density at radius 1 is 0.625 bits per heavy atom. The minimum atomic E-state index is -0.304. The Morgan fingerprint density at radius 3 is 2.12 bits per heavy atom. The molecule has 0 fully saturated rings. The molecule has 2 aliphatic rings. The van der Waals surface area contributed by atoms with Crippen molar-refractivity contribution in [2.45, 2.75) is 18.3 Å². The van der Waals surface area contributed by atoms with E-state index in [2.05, 4.69) is 131 Å². The largest absolute Gasteiger partial charge is 0.0839 e. The van der Waals surface area contributed by atoms with Gasteiger partial charge >= 0.3 is 0 Å². The van der Waals surface area contributed by atoms with Crippen LogP contribution in [0, 0.1) is 0 Å². The normalized spacial score (nSPS) is 18.7. The van der Waals surface area contributed by atoms with E-state index in [1.54, 1.807) is 0 Å². The van der Waals surface area contributed by atoms with Crippen LogP contribution in [-0.2, 0) is 5.41 Å². The molecule has 4 aromatic carbocycles. The molecule has 0 saturated heterocycles. The van der Waals surface area contributed by atoms with Gasteiger partial charge in [0.05, 0.1) is 5.41 Å². The molecule has 0 spiro atoms. The summed E-state index contributed by atoms with van der Waals surface area (Å²) in [7, 11) is 0. The maximum atomic E-state index is 3.87. The zero-order valence-corrected chi connectivity index (χ0v) is 19.3. The number of allylic oxidation sites excluding steroid dienone is 4. The lowest BCUT2D eigenvalue weighted by molar-refractivity contribution is 0.751. The average molecular weight is 475 g/mol. The SMILES string of the molecule is Brc1cccc2c1-c1ccccc1C2(C1=CCCC=C1)c1ccc(-c2ccccc2)cc1. The predicted octanol–water partition coefficient (Wildman–Crippen LogP) is 8.71. The highest BCUT2D eigenvalue weighted by molar-refractivity contribution is 9.10. The summed E-state index contributed by atoms with van der Waals surface area (Å²) in [5.41, 5.74) is 10.3. The molecule has 2 aliphatic carbocycles. The first-order chi connectivity index (χ1) is 15.8. The van der Waals surface area contributed by atoms with Gasteiger partial charge in [0.2, 0.25) is 0 Å². The van der Waals surface area contributed by atoms with Crippen LogP contribution in [-0.4, -0.2) is 0 Å². The Labute approximate surface area is 198 Å². The van der Waals surface area contributed by atoms with Gasteiger partial charge in [-0.05, 0) is 57.9 Å². The van der Waals surface area contributed by atoms with Crippen LogP contribution >= 0.6 is 15.9 Å². The van der Waals surface area contributed by atoms with Crippen molar-refractivity contribution in [3.63, 3.8) is 0 Å². The van der Waals surface area contributed by atoms with Crippen LogP contribution in [0.3, 0.4) is 0 Å². The van der Waals surface area contributed by atoms with Gasteiger partial charge in [-0.15, -0.1) is 0 Å². The molecule has 1 heteroatoms. The molecule has 1 unspecified atom stereocenters. The highest BCUT2D eigenvalue weighted by Gasteiger charge is 2.47. The lowest BCUT2D eigenvalue weighted by Gasteiger charge is -2.35. The van der Waals surface area contributed by atoms with E-state index in [-0.39, 0.29) is 5.41 Å². The Morgan fingerprint density at radius 2 is 1.34 bits per heavy atom. The molecule has 6 rings (SSSR count). The van der Waals surface area contributed by atoms with Gasteiger partial charge in [-0.1, -0.05) is 125 Å². The number of benzene rings is 4. The van der Waals surface area contributed by atoms with Crippen molar-refractivity contribution in [1.82, 2.24) is 0 Å². The standard InChI is InChI=1S/C31H23Br/c32-29-17-9-16-28-30(29)26-14-7-8-15-27(26)31(28,24-12-5-2-6-13-24)25-20-18-23(19-21-25)22-10-3-1-4-11-22/h1,3-5,7-21H,2,6H2. The quantitative estimate of drug-likeness (QED) is 0.278. The van der Waals surface area contributed by atoms with Crippen molar-refractivity contribution in [1.29, 1.82) is 0 Å². The highest BCUT2D eigenvalue weighted by atomic mass is 79.9. The van der Waals surface area contributed by atoms with Crippen molar-refractivity contribution in [2.24, 2.45) is 0 Å². The molecule has 32 heavy (non-hydrogen) atoms.